The lowest BCUT2D eigenvalue weighted by Crippen LogP contribution is -2.21. The van der Waals surface area contributed by atoms with E-state index in [2.05, 4.69) is 39.0 Å². The molecule has 1 aromatic rings. The molecule has 2 rings (SSSR count). The minimum atomic E-state index is 0.0937. The standard InChI is InChI=1S/C15H23NO/c1-10(2)11-5-6-13(17-4)12(9-11)14(16)15(3)7-8-15/h5-6,9-10,14H,7-8,16H2,1-4H3. The molecule has 1 unspecified atom stereocenters. The molecule has 0 spiro atoms. The van der Waals surface area contributed by atoms with Gasteiger partial charge in [-0.25, -0.2) is 0 Å². The van der Waals surface area contributed by atoms with Gasteiger partial charge in [-0.3, -0.25) is 0 Å². The highest BCUT2D eigenvalue weighted by Crippen LogP contribution is 2.54. The summed E-state index contributed by atoms with van der Waals surface area (Å²) in [6.45, 7) is 6.67. The van der Waals surface area contributed by atoms with Crippen molar-refractivity contribution < 1.29 is 4.74 Å². The van der Waals surface area contributed by atoms with Crippen molar-refractivity contribution in [2.24, 2.45) is 11.1 Å². The van der Waals surface area contributed by atoms with Gasteiger partial charge in [0.05, 0.1) is 7.11 Å². The third kappa shape index (κ3) is 2.32. The van der Waals surface area contributed by atoms with Gasteiger partial charge in [0.15, 0.2) is 0 Å². The van der Waals surface area contributed by atoms with Crippen molar-refractivity contribution in [1.29, 1.82) is 0 Å². The molecule has 1 aromatic carbocycles. The highest BCUT2D eigenvalue weighted by molar-refractivity contribution is 5.41. The second-order valence-corrected chi connectivity index (χ2v) is 5.79. The molecule has 0 amide bonds. The predicted molar refractivity (Wildman–Crippen MR) is 71.4 cm³/mol. The van der Waals surface area contributed by atoms with Crippen LogP contribution in [0.5, 0.6) is 5.75 Å². The molecule has 0 aromatic heterocycles. The first kappa shape index (κ1) is 12.4. The van der Waals surface area contributed by atoms with E-state index < -0.39 is 0 Å². The van der Waals surface area contributed by atoms with Crippen molar-refractivity contribution in [2.75, 3.05) is 7.11 Å². The summed E-state index contributed by atoms with van der Waals surface area (Å²) in [6, 6.07) is 6.50. The maximum Gasteiger partial charge on any atom is 0.123 e. The van der Waals surface area contributed by atoms with Crippen molar-refractivity contribution >= 4 is 0 Å². The number of methoxy groups -OCH3 is 1. The normalized spacial score (nSPS) is 19.2. The fourth-order valence-electron chi connectivity index (χ4n) is 2.24. The first-order chi connectivity index (χ1) is 7.98. The van der Waals surface area contributed by atoms with Crippen molar-refractivity contribution in [1.82, 2.24) is 0 Å². The second kappa shape index (κ2) is 4.34. The van der Waals surface area contributed by atoms with Crippen LogP contribution < -0.4 is 10.5 Å². The van der Waals surface area contributed by atoms with E-state index in [4.69, 9.17) is 10.5 Å². The van der Waals surface area contributed by atoms with Crippen LogP contribution >= 0.6 is 0 Å². The van der Waals surface area contributed by atoms with Crippen LogP contribution in [-0.4, -0.2) is 7.11 Å². The third-order valence-electron chi connectivity index (χ3n) is 4.04. The molecule has 1 saturated carbocycles. The van der Waals surface area contributed by atoms with E-state index in [-0.39, 0.29) is 11.5 Å². The Kier molecular flexibility index (Phi) is 3.17. The topological polar surface area (TPSA) is 35.2 Å². The quantitative estimate of drug-likeness (QED) is 0.862. The molecule has 0 aliphatic heterocycles. The van der Waals surface area contributed by atoms with Gasteiger partial charge in [-0.2, -0.15) is 0 Å². The van der Waals surface area contributed by atoms with E-state index in [1.54, 1.807) is 7.11 Å². The summed E-state index contributed by atoms with van der Waals surface area (Å²) in [5.41, 5.74) is 9.18. The molecule has 0 radical (unpaired) electrons. The average Bonchev–Trinajstić information content (AvgIpc) is 3.06. The molecule has 2 heteroatoms. The second-order valence-electron chi connectivity index (χ2n) is 5.79. The highest BCUT2D eigenvalue weighted by atomic mass is 16.5. The Bertz CT molecular complexity index is 407. The van der Waals surface area contributed by atoms with Crippen LogP contribution in [0.15, 0.2) is 18.2 Å². The van der Waals surface area contributed by atoms with Gasteiger partial charge in [-0.15, -0.1) is 0 Å². The summed E-state index contributed by atoms with van der Waals surface area (Å²) < 4.78 is 5.44. The molecule has 2 nitrogen and oxygen atoms in total. The number of hydrogen-bond donors (Lipinski definition) is 1. The van der Waals surface area contributed by atoms with Crippen LogP contribution in [0.4, 0.5) is 0 Å². The molecule has 1 aliphatic carbocycles. The first-order valence-corrected chi connectivity index (χ1v) is 6.41. The molecule has 2 N–H and O–H groups in total. The van der Waals surface area contributed by atoms with Crippen LogP contribution in [0.2, 0.25) is 0 Å². The zero-order valence-corrected chi connectivity index (χ0v) is 11.3. The minimum Gasteiger partial charge on any atom is -0.496 e. The lowest BCUT2D eigenvalue weighted by atomic mass is 9.89. The van der Waals surface area contributed by atoms with E-state index in [9.17, 15) is 0 Å². The number of nitrogens with two attached hydrogens (primary N) is 1. The average molecular weight is 233 g/mol. The molecule has 0 saturated heterocycles. The number of ether oxygens (including phenoxy) is 1. The molecular weight excluding hydrogens is 210 g/mol. The number of hydrogen-bond acceptors (Lipinski definition) is 2. The van der Waals surface area contributed by atoms with Gasteiger partial charge in [0, 0.05) is 11.6 Å². The fraction of sp³-hybridized carbons (Fsp3) is 0.600. The predicted octanol–water partition coefficient (Wildman–Crippen LogP) is 3.62. The van der Waals surface area contributed by atoms with Crippen LogP contribution in [-0.2, 0) is 0 Å². The Hall–Kier alpha value is -1.02. The Labute approximate surface area is 104 Å². The summed E-state index contributed by atoms with van der Waals surface area (Å²) in [6.07, 6.45) is 2.45. The van der Waals surface area contributed by atoms with Gasteiger partial charge in [0.2, 0.25) is 0 Å². The molecule has 1 fully saturated rings. The van der Waals surface area contributed by atoms with E-state index in [0.29, 0.717) is 5.92 Å². The van der Waals surface area contributed by atoms with Gasteiger partial charge >= 0.3 is 0 Å². The van der Waals surface area contributed by atoms with Crippen molar-refractivity contribution in [3.8, 4) is 5.75 Å². The summed E-state index contributed by atoms with van der Waals surface area (Å²) in [7, 11) is 1.72. The highest BCUT2D eigenvalue weighted by Gasteiger charge is 2.44. The lowest BCUT2D eigenvalue weighted by molar-refractivity contribution is 0.384. The third-order valence-corrected chi connectivity index (χ3v) is 4.04. The van der Waals surface area contributed by atoms with Crippen LogP contribution in [0, 0.1) is 5.41 Å². The first-order valence-electron chi connectivity index (χ1n) is 6.41. The Balaban J connectivity index is 2.38. The maximum absolute atomic E-state index is 6.40. The van der Waals surface area contributed by atoms with Gasteiger partial charge < -0.3 is 10.5 Å². The molecular formula is C15H23NO. The van der Waals surface area contributed by atoms with E-state index in [1.165, 1.54) is 24.0 Å². The largest absolute Gasteiger partial charge is 0.496 e. The number of benzene rings is 1. The van der Waals surface area contributed by atoms with Gasteiger partial charge in [-0.1, -0.05) is 32.9 Å². The van der Waals surface area contributed by atoms with Gasteiger partial charge in [0.25, 0.3) is 0 Å². The monoisotopic (exact) mass is 233 g/mol. The van der Waals surface area contributed by atoms with E-state index in [1.807, 2.05) is 0 Å². The van der Waals surface area contributed by atoms with Gasteiger partial charge in [0.1, 0.15) is 5.75 Å². The fourth-order valence-corrected chi connectivity index (χ4v) is 2.24. The number of rotatable bonds is 4. The zero-order chi connectivity index (χ0) is 12.6. The minimum absolute atomic E-state index is 0.0937. The molecule has 0 bridgehead atoms. The molecule has 94 valence electrons. The Morgan fingerprint density at radius 1 is 1.29 bits per heavy atom. The van der Waals surface area contributed by atoms with E-state index >= 15 is 0 Å². The van der Waals surface area contributed by atoms with Crippen LogP contribution in [0.25, 0.3) is 0 Å². The van der Waals surface area contributed by atoms with Crippen LogP contribution in [0.1, 0.15) is 56.7 Å². The Morgan fingerprint density at radius 2 is 1.94 bits per heavy atom. The maximum atomic E-state index is 6.40. The van der Waals surface area contributed by atoms with Crippen LogP contribution in [0.3, 0.4) is 0 Å². The van der Waals surface area contributed by atoms with Crippen molar-refractivity contribution in [3.05, 3.63) is 29.3 Å². The van der Waals surface area contributed by atoms with Gasteiger partial charge in [-0.05, 0) is 35.8 Å². The summed E-state index contributed by atoms with van der Waals surface area (Å²) in [5.74, 6) is 1.45. The SMILES string of the molecule is COc1ccc(C(C)C)cc1C(N)C1(C)CC1. The summed E-state index contributed by atoms with van der Waals surface area (Å²) >= 11 is 0. The zero-order valence-electron chi connectivity index (χ0n) is 11.3. The summed E-state index contributed by atoms with van der Waals surface area (Å²) in [4.78, 5) is 0. The molecule has 0 heterocycles. The lowest BCUT2D eigenvalue weighted by Gasteiger charge is -2.23. The molecule has 17 heavy (non-hydrogen) atoms. The van der Waals surface area contributed by atoms with Crippen molar-refractivity contribution in [2.45, 2.75) is 45.6 Å². The van der Waals surface area contributed by atoms with E-state index in [0.717, 1.165) is 5.75 Å². The Morgan fingerprint density at radius 3 is 2.41 bits per heavy atom. The summed E-state index contributed by atoms with van der Waals surface area (Å²) in [5, 5.41) is 0. The van der Waals surface area contributed by atoms with Crippen molar-refractivity contribution in [3.63, 3.8) is 0 Å². The smallest absolute Gasteiger partial charge is 0.123 e. The molecule has 1 atom stereocenters. The molecule has 1 aliphatic rings.